The van der Waals surface area contributed by atoms with Crippen LogP contribution in [0.3, 0.4) is 0 Å². The summed E-state index contributed by atoms with van der Waals surface area (Å²) in [6.45, 7) is 4.03. The molecule has 5 nitrogen and oxygen atoms in total. The number of carbonyl (C=O) groups is 1. The van der Waals surface area contributed by atoms with Crippen LogP contribution in [0.1, 0.15) is 41.9 Å². The molecule has 1 aromatic rings. The molecule has 2 heterocycles. The SMILES string of the molecule is Cc1cccc(C(=O)N(C)[C@@H]2CC[C@@H](N3CCCC3)[C@@H]2O)n1. The number of likely N-dealkylation sites (N-methyl/N-ethyl adjacent to an activating group) is 1. The number of aliphatic hydroxyl groups is 1. The van der Waals surface area contributed by atoms with E-state index in [-0.39, 0.29) is 18.0 Å². The van der Waals surface area contributed by atoms with Gasteiger partial charge < -0.3 is 10.0 Å². The Kier molecular flexibility index (Phi) is 4.45. The fourth-order valence-corrected chi connectivity index (χ4v) is 3.83. The second-order valence-corrected chi connectivity index (χ2v) is 6.53. The number of hydrogen-bond donors (Lipinski definition) is 1. The highest BCUT2D eigenvalue weighted by Crippen LogP contribution is 2.30. The molecule has 0 bridgehead atoms. The van der Waals surface area contributed by atoms with Gasteiger partial charge in [0.05, 0.1) is 12.1 Å². The summed E-state index contributed by atoms with van der Waals surface area (Å²) in [5, 5.41) is 10.7. The first-order chi connectivity index (χ1) is 10.6. The topological polar surface area (TPSA) is 56.7 Å². The van der Waals surface area contributed by atoms with Crippen LogP contribution in [0.5, 0.6) is 0 Å². The van der Waals surface area contributed by atoms with Gasteiger partial charge in [0.1, 0.15) is 5.69 Å². The van der Waals surface area contributed by atoms with Crippen molar-refractivity contribution in [3.05, 3.63) is 29.6 Å². The Morgan fingerprint density at radius 2 is 2.05 bits per heavy atom. The molecule has 1 aliphatic heterocycles. The zero-order chi connectivity index (χ0) is 15.7. The Bertz CT molecular complexity index is 542. The van der Waals surface area contributed by atoms with Crippen LogP contribution in [0.2, 0.25) is 0 Å². The first-order valence-electron chi connectivity index (χ1n) is 8.21. The van der Waals surface area contributed by atoms with Gasteiger partial charge in [-0.25, -0.2) is 4.98 Å². The molecule has 0 aromatic carbocycles. The molecule has 3 atom stereocenters. The van der Waals surface area contributed by atoms with Crippen LogP contribution in [0.15, 0.2) is 18.2 Å². The summed E-state index contributed by atoms with van der Waals surface area (Å²) in [6.07, 6.45) is 3.80. The Morgan fingerprint density at radius 3 is 2.73 bits per heavy atom. The Balaban J connectivity index is 1.69. The fraction of sp³-hybridized carbons (Fsp3) is 0.647. The molecule has 1 N–H and O–H groups in total. The van der Waals surface area contributed by atoms with E-state index >= 15 is 0 Å². The number of carbonyl (C=O) groups excluding carboxylic acids is 1. The summed E-state index contributed by atoms with van der Waals surface area (Å²) in [7, 11) is 1.78. The number of aryl methyl sites for hydroxylation is 1. The third-order valence-corrected chi connectivity index (χ3v) is 5.08. The number of nitrogens with zero attached hydrogens (tertiary/aromatic N) is 3. The van der Waals surface area contributed by atoms with Gasteiger partial charge >= 0.3 is 0 Å². The van der Waals surface area contributed by atoms with Crippen LogP contribution < -0.4 is 0 Å². The molecule has 0 unspecified atom stereocenters. The molecule has 1 saturated carbocycles. The third-order valence-electron chi connectivity index (χ3n) is 5.08. The molecule has 2 aliphatic rings. The first-order valence-corrected chi connectivity index (χ1v) is 8.21. The van der Waals surface area contributed by atoms with Crippen molar-refractivity contribution in [2.24, 2.45) is 0 Å². The molecule has 0 radical (unpaired) electrons. The number of likely N-dealkylation sites (tertiary alicyclic amines) is 1. The van der Waals surface area contributed by atoms with Gasteiger partial charge in [-0.05, 0) is 57.8 Å². The number of hydrogen-bond acceptors (Lipinski definition) is 4. The van der Waals surface area contributed by atoms with Gasteiger partial charge in [-0.15, -0.1) is 0 Å². The lowest BCUT2D eigenvalue weighted by atomic mass is 10.1. The highest BCUT2D eigenvalue weighted by molar-refractivity contribution is 5.92. The van der Waals surface area contributed by atoms with Crippen molar-refractivity contribution in [1.82, 2.24) is 14.8 Å². The van der Waals surface area contributed by atoms with Crippen LogP contribution >= 0.6 is 0 Å². The lowest BCUT2D eigenvalue weighted by molar-refractivity contribution is 0.0293. The molecule has 1 aliphatic carbocycles. The minimum atomic E-state index is -0.461. The molecular formula is C17H25N3O2. The number of pyridine rings is 1. The van der Waals surface area contributed by atoms with Crippen molar-refractivity contribution in [2.75, 3.05) is 20.1 Å². The largest absolute Gasteiger partial charge is 0.389 e. The molecule has 22 heavy (non-hydrogen) atoms. The van der Waals surface area contributed by atoms with E-state index in [0.29, 0.717) is 5.69 Å². The van der Waals surface area contributed by atoms with Gasteiger partial charge in [0.25, 0.3) is 5.91 Å². The monoisotopic (exact) mass is 303 g/mol. The number of aromatic nitrogens is 1. The quantitative estimate of drug-likeness (QED) is 0.918. The second-order valence-electron chi connectivity index (χ2n) is 6.53. The molecule has 1 amide bonds. The molecule has 1 saturated heterocycles. The zero-order valence-electron chi connectivity index (χ0n) is 13.4. The summed E-state index contributed by atoms with van der Waals surface area (Å²) in [5.74, 6) is -0.102. The Hall–Kier alpha value is -1.46. The number of rotatable bonds is 3. The van der Waals surface area contributed by atoms with E-state index in [4.69, 9.17) is 0 Å². The van der Waals surface area contributed by atoms with E-state index in [2.05, 4.69) is 9.88 Å². The van der Waals surface area contributed by atoms with Crippen molar-refractivity contribution in [1.29, 1.82) is 0 Å². The maximum Gasteiger partial charge on any atom is 0.272 e. The van der Waals surface area contributed by atoms with Crippen LogP contribution in [-0.4, -0.2) is 64.1 Å². The Morgan fingerprint density at radius 1 is 1.32 bits per heavy atom. The average Bonchev–Trinajstić information content (AvgIpc) is 3.15. The summed E-state index contributed by atoms with van der Waals surface area (Å²) in [4.78, 5) is 21.0. The van der Waals surface area contributed by atoms with Crippen molar-refractivity contribution < 1.29 is 9.90 Å². The predicted octanol–water partition coefficient (Wildman–Crippen LogP) is 1.45. The lowest BCUT2D eigenvalue weighted by Crippen LogP contribution is -2.48. The highest BCUT2D eigenvalue weighted by Gasteiger charge is 2.42. The molecule has 5 heteroatoms. The van der Waals surface area contributed by atoms with Crippen LogP contribution in [0, 0.1) is 6.92 Å². The standard InChI is InChI=1S/C17H25N3O2/c1-12-6-5-7-13(18-12)17(22)19(2)14-8-9-15(16(14)21)20-10-3-4-11-20/h5-7,14-16,21H,3-4,8-11H2,1-2H3/t14-,15-,16-/m1/s1. The number of aliphatic hydroxyl groups excluding tert-OH is 1. The zero-order valence-corrected chi connectivity index (χ0v) is 13.4. The van der Waals surface area contributed by atoms with Gasteiger partial charge in [0.2, 0.25) is 0 Å². The van der Waals surface area contributed by atoms with E-state index in [1.54, 1.807) is 18.0 Å². The van der Waals surface area contributed by atoms with E-state index < -0.39 is 6.10 Å². The van der Waals surface area contributed by atoms with Crippen LogP contribution in [0.4, 0.5) is 0 Å². The molecule has 3 rings (SSSR count). The Labute approximate surface area is 131 Å². The van der Waals surface area contributed by atoms with Gasteiger partial charge in [-0.1, -0.05) is 6.07 Å². The molecule has 0 spiro atoms. The van der Waals surface area contributed by atoms with Crippen LogP contribution in [0.25, 0.3) is 0 Å². The predicted molar refractivity (Wildman–Crippen MR) is 84.7 cm³/mol. The normalized spacial score (nSPS) is 29.0. The third kappa shape index (κ3) is 2.88. The van der Waals surface area contributed by atoms with E-state index in [1.807, 2.05) is 19.1 Å². The molecule has 1 aromatic heterocycles. The average molecular weight is 303 g/mol. The first kappa shape index (κ1) is 15.4. The molecule has 2 fully saturated rings. The van der Waals surface area contributed by atoms with Crippen molar-refractivity contribution in [2.45, 2.75) is 50.8 Å². The lowest BCUT2D eigenvalue weighted by Gasteiger charge is -2.31. The summed E-state index contributed by atoms with van der Waals surface area (Å²) >= 11 is 0. The molecular weight excluding hydrogens is 278 g/mol. The fourth-order valence-electron chi connectivity index (χ4n) is 3.83. The van der Waals surface area contributed by atoms with Crippen molar-refractivity contribution >= 4 is 5.91 Å². The van der Waals surface area contributed by atoms with E-state index in [0.717, 1.165) is 31.6 Å². The van der Waals surface area contributed by atoms with Gasteiger partial charge in [-0.2, -0.15) is 0 Å². The van der Waals surface area contributed by atoms with Crippen LogP contribution in [-0.2, 0) is 0 Å². The summed E-state index contributed by atoms with van der Waals surface area (Å²) in [5.41, 5.74) is 1.29. The number of amides is 1. The minimum Gasteiger partial charge on any atom is -0.389 e. The van der Waals surface area contributed by atoms with Gasteiger partial charge in [0, 0.05) is 18.8 Å². The van der Waals surface area contributed by atoms with E-state index in [9.17, 15) is 9.90 Å². The van der Waals surface area contributed by atoms with Crippen molar-refractivity contribution in [3.63, 3.8) is 0 Å². The van der Waals surface area contributed by atoms with E-state index in [1.165, 1.54) is 12.8 Å². The summed E-state index contributed by atoms with van der Waals surface area (Å²) < 4.78 is 0. The molecule has 120 valence electrons. The van der Waals surface area contributed by atoms with Gasteiger partial charge in [-0.3, -0.25) is 9.69 Å². The maximum absolute atomic E-state index is 12.6. The summed E-state index contributed by atoms with van der Waals surface area (Å²) in [6, 6.07) is 5.56. The van der Waals surface area contributed by atoms with Gasteiger partial charge in [0.15, 0.2) is 0 Å². The maximum atomic E-state index is 12.6. The second kappa shape index (κ2) is 6.34. The van der Waals surface area contributed by atoms with Crippen molar-refractivity contribution in [3.8, 4) is 0 Å². The smallest absolute Gasteiger partial charge is 0.272 e. The minimum absolute atomic E-state index is 0.102. The highest BCUT2D eigenvalue weighted by atomic mass is 16.3.